The third kappa shape index (κ3) is 3.26. The van der Waals surface area contributed by atoms with Crippen LogP contribution in [0.5, 0.6) is 11.5 Å². The predicted octanol–water partition coefficient (Wildman–Crippen LogP) is 2.57. The van der Waals surface area contributed by atoms with Gasteiger partial charge in [-0.05, 0) is 52.5 Å². The number of rotatable bonds is 3. The van der Waals surface area contributed by atoms with Gasteiger partial charge in [0, 0.05) is 6.04 Å². The van der Waals surface area contributed by atoms with Gasteiger partial charge in [-0.1, -0.05) is 12.8 Å². The molecule has 0 radical (unpaired) electrons. The van der Waals surface area contributed by atoms with Gasteiger partial charge in [-0.3, -0.25) is 19.8 Å². The number of carbonyl (C=O) groups is 3. The SMILES string of the molecule is COc1cc(/C=C2\C(=O)NC(=O)N(C3CCCC3)C2=O)cc(Br)c1O. The molecule has 1 aliphatic carbocycles. The summed E-state index contributed by atoms with van der Waals surface area (Å²) in [6, 6.07) is 2.22. The first-order valence-corrected chi connectivity index (χ1v) is 8.68. The number of amides is 4. The zero-order valence-corrected chi connectivity index (χ0v) is 15.1. The van der Waals surface area contributed by atoms with Crippen LogP contribution in [0.2, 0.25) is 0 Å². The molecule has 0 unspecified atom stereocenters. The van der Waals surface area contributed by atoms with E-state index in [2.05, 4.69) is 21.2 Å². The molecule has 132 valence electrons. The van der Waals surface area contributed by atoms with Gasteiger partial charge in [0.15, 0.2) is 11.5 Å². The van der Waals surface area contributed by atoms with Crippen LogP contribution in [0.15, 0.2) is 22.2 Å². The fourth-order valence-electron chi connectivity index (χ4n) is 3.16. The highest BCUT2D eigenvalue weighted by Crippen LogP contribution is 2.36. The summed E-state index contributed by atoms with van der Waals surface area (Å²) in [5, 5.41) is 12.1. The van der Waals surface area contributed by atoms with E-state index in [0.29, 0.717) is 10.0 Å². The monoisotopic (exact) mass is 408 g/mol. The smallest absolute Gasteiger partial charge is 0.331 e. The summed E-state index contributed by atoms with van der Waals surface area (Å²) in [6.07, 6.45) is 4.80. The number of hydrogen-bond acceptors (Lipinski definition) is 5. The zero-order chi connectivity index (χ0) is 18.1. The number of ether oxygens (including phenoxy) is 1. The molecule has 1 aliphatic heterocycles. The van der Waals surface area contributed by atoms with Crippen molar-refractivity contribution < 1.29 is 24.2 Å². The first kappa shape index (κ1) is 17.5. The molecule has 1 aromatic carbocycles. The summed E-state index contributed by atoms with van der Waals surface area (Å²) in [4.78, 5) is 38.1. The lowest BCUT2D eigenvalue weighted by Gasteiger charge is -2.31. The molecule has 7 nitrogen and oxygen atoms in total. The largest absolute Gasteiger partial charge is 0.503 e. The Morgan fingerprint density at radius 2 is 1.96 bits per heavy atom. The van der Waals surface area contributed by atoms with E-state index in [1.165, 1.54) is 19.3 Å². The van der Waals surface area contributed by atoms with Crippen LogP contribution >= 0.6 is 15.9 Å². The molecule has 8 heteroatoms. The minimum Gasteiger partial charge on any atom is -0.503 e. The number of barbiturate groups is 1. The van der Waals surface area contributed by atoms with E-state index in [1.54, 1.807) is 6.07 Å². The van der Waals surface area contributed by atoms with Crippen LogP contribution in [0.25, 0.3) is 6.08 Å². The van der Waals surface area contributed by atoms with Crippen molar-refractivity contribution in [2.75, 3.05) is 7.11 Å². The van der Waals surface area contributed by atoms with Crippen molar-refractivity contribution in [1.82, 2.24) is 10.2 Å². The molecule has 2 aliphatic rings. The maximum atomic E-state index is 12.7. The summed E-state index contributed by atoms with van der Waals surface area (Å²) < 4.78 is 5.44. The topological polar surface area (TPSA) is 95.9 Å². The van der Waals surface area contributed by atoms with Gasteiger partial charge in [0.05, 0.1) is 11.6 Å². The Labute approximate surface area is 152 Å². The standard InChI is InChI=1S/C17H17BrN2O5/c1-25-13-8-9(7-12(18)14(13)21)6-11-15(22)19-17(24)20(16(11)23)10-4-2-3-5-10/h6-8,10,21H,2-5H2,1H3,(H,19,22,24)/b11-6+. The predicted molar refractivity (Wildman–Crippen MR) is 93.0 cm³/mol. The van der Waals surface area contributed by atoms with E-state index in [-0.39, 0.29) is 23.1 Å². The van der Waals surface area contributed by atoms with E-state index in [4.69, 9.17) is 4.74 Å². The van der Waals surface area contributed by atoms with Crippen molar-refractivity contribution in [3.63, 3.8) is 0 Å². The van der Waals surface area contributed by atoms with Gasteiger partial charge < -0.3 is 9.84 Å². The number of hydrogen-bond donors (Lipinski definition) is 2. The molecule has 0 spiro atoms. The summed E-state index contributed by atoms with van der Waals surface area (Å²) >= 11 is 3.20. The molecular weight excluding hydrogens is 392 g/mol. The number of benzene rings is 1. The number of urea groups is 1. The molecule has 1 saturated carbocycles. The van der Waals surface area contributed by atoms with Crippen LogP contribution in [-0.2, 0) is 9.59 Å². The van der Waals surface area contributed by atoms with Crippen LogP contribution in [0, 0.1) is 0 Å². The summed E-state index contributed by atoms with van der Waals surface area (Å²) in [6.45, 7) is 0. The van der Waals surface area contributed by atoms with Gasteiger partial charge >= 0.3 is 6.03 Å². The summed E-state index contributed by atoms with van der Waals surface area (Å²) in [5.74, 6) is -1.20. The normalized spacial score (nSPS) is 20.3. The van der Waals surface area contributed by atoms with Gasteiger partial charge in [0.2, 0.25) is 0 Å². The Morgan fingerprint density at radius 3 is 2.60 bits per heavy atom. The van der Waals surface area contributed by atoms with Gasteiger partial charge in [-0.15, -0.1) is 0 Å². The number of imide groups is 2. The number of aromatic hydroxyl groups is 1. The maximum absolute atomic E-state index is 12.7. The van der Waals surface area contributed by atoms with Crippen LogP contribution in [0.1, 0.15) is 31.2 Å². The van der Waals surface area contributed by atoms with Gasteiger partial charge in [-0.25, -0.2) is 4.79 Å². The number of phenols is 1. The minimum absolute atomic E-state index is 0.0770. The first-order valence-electron chi connectivity index (χ1n) is 7.89. The first-order chi connectivity index (χ1) is 11.9. The number of nitrogens with one attached hydrogen (secondary N) is 1. The highest BCUT2D eigenvalue weighted by molar-refractivity contribution is 9.10. The van der Waals surface area contributed by atoms with Crippen molar-refractivity contribution in [2.24, 2.45) is 0 Å². The van der Waals surface area contributed by atoms with Crippen molar-refractivity contribution in [2.45, 2.75) is 31.7 Å². The fraction of sp³-hybridized carbons (Fsp3) is 0.353. The molecule has 1 heterocycles. The highest BCUT2D eigenvalue weighted by atomic mass is 79.9. The van der Waals surface area contributed by atoms with Gasteiger partial charge in [0.1, 0.15) is 5.57 Å². The minimum atomic E-state index is -0.729. The second kappa shape index (κ2) is 6.87. The Hall–Kier alpha value is -2.35. The van der Waals surface area contributed by atoms with E-state index >= 15 is 0 Å². The molecule has 3 rings (SSSR count). The second-order valence-electron chi connectivity index (χ2n) is 5.98. The second-order valence-corrected chi connectivity index (χ2v) is 6.84. The molecular formula is C17H17BrN2O5. The van der Waals surface area contributed by atoms with Crippen molar-refractivity contribution >= 4 is 39.9 Å². The van der Waals surface area contributed by atoms with E-state index < -0.39 is 17.8 Å². The Bertz CT molecular complexity index is 783. The number of nitrogens with zero attached hydrogens (tertiary/aromatic N) is 1. The van der Waals surface area contributed by atoms with E-state index in [1.807, 2.05) is 0 Å². The quantitative estimate of drug-likeness (QED) is 0.591. The van der Waals surface area contributed by atoms with Gasteiger partial charge in [0.25, 0.3) is 11.8 Å². The molecule has 25 heavy (non-hydrogen) atoms. The molecule has 0 atom stereocenters. The number of carbonyl (C=O) groups excluding carboxylic acids is 3. The van der Waals surface area contributed by atoms with Crippen LogP contribution < -0.4 is 10.1 Å². The molecule has 4 amide bonds. The Morgan fingerprint density at radius 1 is 1.28 bits per heavy atom. The highest BCUT2D eigenvalue weighted by Gasteiger charge is 2.40. The lowest BCUT2D eigenvalue weighted by Crippen LogP contribution is -2.57. The number of phenolic OH excluding ortho intramolecular Hbond substituents is 1. The number of halogens is 1. The van der Waals surface area contributed by atoms with Crippen molar-refractivity contribution in [3.05, 3.63) is 27.7 Å². The number of methoxy groups -OCH3 is 1. The van der Waals surface area contributed by atoms with Crippen LogP contribution in [-0.4, -0.2) is 41.0 Å². The molecule has 1 saturated heterocycles. The lowest BCUT2D eigenvalue weighted by molar-refractivity contribution is -0.131. The summed E-state index contributed by atoms with van der Waals surface area (Å²) in [5.41, 5.74) is 0.367. The molecule has 1 aromatic rings. The zero-order valence-electron chi connectivity index (χ0n) is 13.5. The molecule has 2 N–H and O–H groups in total. The third-order valence-corrected chi connectivity index (χ3v) is 5.01. The van der Waals surface area contributed by atoms with E-state index in [0.717, 1.165) is 30.6 Å². The Balaban J connectivity index is 1.98. The maximum Gasteiger partial charge on any atom is 0.331 e. The van der Waals surface area contributed by atoms with Crippen LogP contribution in [0.4, 0.5) is 4.79 Å². The van der Waals surface area contributed by atoms with Crippen LogP contribution in [0.3, 0.4) is 0 Å². The van der Waals surface area contributed by atoms with Crippen molar-refractivity contribution in [3.8, 4) is 11.5 Å². The van der Waals surface area contributed by atoms with Gasteiger partial charge in [-0.2, -0.15) is 0 Å². The molecule has 2 fully saturated rings. The average Bonchev–Trinajstić information content (AvgIpc) is 3.08. The molecule has 0 bridgehead atoms. The lowest BCUT2D eigenvalue weighted by atomic mass is 10.0. The third-order valence-electron chi connectivity index (χ3n) is 4.40. The Kier molecular flexibility index (Phi) is 4.80. The summed E-state index contributed by atoms with van der Waals surface area (Å²) in [7, 11) is 1.40. The molecule has 0 aromatic heterocycles. The fourth-order valence-corrected chi connectivity index (χ4v) is 3.62. The average molecular weight is 409 g/mol. The van der Waals surface area contributed by atoms with E-state index in [9.17, 15) is 19.5 Å². The van der Waals surface area contributed by atoms with Crippen molar-refractivity contribution in [1.29, 1.82) is 0 Å².